The van der Waals surface area contributed by atoms with E-state index in [0.717, 1.165) is 19.3 Å². The van der Waals surface area contributed by atoms with Crippen LogP contribution in [0.2, 0.25) is 0 Å². The van der Waals surface area contributed by atoms with Gasteiger partial charge in [-0.25, -0.2) is 0 Å². The fourth-order valence-electron chi connectivity index (χ4n) is 2.76. The zero-order valence-electron chi connectivity index (χ0n) is 13.7. The summed E-state index contributed by atoms with van der Waals surface area (Å²) in [6, 6.07) is 5.91. The molecule has 2 heterocycles. The monoisotopic (exact) mass is 329 g/mol. The average Bonchev–Trinajstić information content (AvgIpc) is 3.35. The van der Waals surface area contributed by atoms with Crippen molar-refractivity contribution in [3.8, 4) is 17.3 Å². The maximum atomic E-state index is 12.2. The van der Waals surface area contributed by atoms with E-state index in [4.69, 9.17) is 4.74 Å². The van der Waals surface area contributed by atoms with Crippen LogP contribution in [0.4, 0.5) is 5.69 Å². The molecule has 7 nitrogen and oxygen atoms in total. The molecule has 2 aromatic rings. The predicted octanol–water partition coefficient (Wildman–Crippen LogP) is 3.23. The fourth-order valence-corrected chi connectivity index (χ4v) is 2.76. The number of ether oxygens (including phenoxy) is 1. The lowest BCUT2D eigenvalue weighted by Gasteiger charge is -2.24. The molecule has 1 aliphatic carbocycles. The highest BCUT2D eigenvalue weighted by Crippen LogP contribution is 2.47. The SMILES string of the molecule is CC.O=c1[nH]c(-c2ccc([N+](=O)[O-])cc2)nc2c1CCC1(CC1)O2. The first-order chi connectivity index (χ1) is 11.6. The number of hydrogen-bond acceptors (Lipinski definition) is 5. The fraction of sp³-hybridized carbons (Fsp3) is 0.412. The first-order valence-electron chi connectivity index (χ1n) is 8.13. The number of fused-ring (bicyclic) bond motifs is 1. The van der Waals surface area contributed by atoms with Gasteiger partial charge in [0.05, 0.1) is 10.5 Å². The topological polar surface area (TPSA) is 98.1 Å². The maximum Gasteiger partial charge on any atom is 0.269 e. The Kier molecular flexibility index (Phi) is 4.09. The Labute approximate surface area is 138 Å². The Bertz CT molecular complexity index is 823. The van der Waals surface area contributed by atoms with Crippen molar-refractivity contribution in [2.45, 2.75) is 45.1 Å². The van der Waals surface area contributed by atoms with Gasteiger partial charge in [0.15, 0.2) is 0 Å². The minimum atomic E-state index is -0.466. The molecule has 1 aromatic carbocycles. The zero-order chi connectivity index (χ0) is 17.3. The molecular weight excluding hydrogens is 310 g/mol. The smallest absolute Gasteiger partial charge is 0.269 e. The number of aromatic amines is 1. The summed E-state index contributed by atoms with van der Waals surface area (Å²) in [6.07, 6.45) is 3.56. The molecule has 0 bridgehead atoms. The molecule has 1 spiro atoms. The van der Waals surface area contributed by atoms with Crippen LogP contribution in [0.1, 0.15) is 38.7 Å². The van der Waals surface area contributed by atoms with Gasteiger partial charge in [-0.15, -0.1) is 0 Å². The van der Waals surface area contributed by atoms with Crippen molar-refractivity contribution in [1.82, 2.24) is 9.97 Å². The molecule has 24 heavy (non-hydrogen) atoms. The van der Waals surface area contributed by atoms with Gasteiger partial charge in [-0.1, -0.05) is 13.8 Å². The van der Waals surface area contributed by atoms with Gasteiger partial charge in [0.2, 0.25) is 5.88 Å². The summed E-state index contributed by atoms with van der Waals surface area (Å²) in [5.74, 6) is 0.775. The van der Waals surface area contributed by atoms with Crippen LogP contribution in [0, 0.1) is 10.1 Å². The number of nitrogens with one attached hydrogen (secondary N) is 1. The Morgan fingerprint density at radius 3 is 2.46 bits per heavy atom. The second-order valence-electron chi connectivity index (χ2n) is 5.79. The van der Waals surface area contributed by atoms with Crippen molar-refractivity contribution < 1.29 is 9.66 Å². The van der Waals surface area contributed by atoms with Gasteiger partial charge in [-0.05, 0) is 37.8 Å². The van der Waals surface area contributed by atoms with Gasteiger partial charge in [-0.3, -0.25) is 14.9 Å². The minimum Gasteiger partial charge on any atom is -0.471 e. The van der Waals surface area contributed by atoms with E-state index in [1.807, 2.05) is 13.8 Å². The molecule has 1 aromatic heterocycles. The van der Waals surface area contributed by atoms with Gasteiger partial charge >= 0.3 is 0 Å². The molecule has 1 aliphatic heterocycles. The highest BCUT2D eigenvalue weighted by Gasteiger charge is 2.48. The molecular formula is C17H19N3O4. The number of benzene rings is 1. The molecule has 0 radical (unpaired) electrons. The number of hydrogen-bond donors (Lipinski definition) is 1. The van der Waals surface area contributed by atoms with Crippen LogP contribution < -0.4 is 10.3 Å². The summed E-state index contributed by atoms with van der Waals surface area (Å²) in [4.78, 5) is 29.5. The van der Waals surface area contributed by atoms with Gasteiger partial charge in [0.25, 0.3) is 11.2 Å². The Hall–Kier alpha value is -2.70. The number of nitro groups is 1. The molecule has 0 saturated heterocycles. The van der Waals surface area contributed by atoms with E-state index in [1.165, 1.54) is 12.1 Å². The molecule has 1 saturated carbocycles. The van der Waals surface area contributed by atoms with Gasteiger partial charge in [0.1, 0.15) is 11.4 Å². The Balaban J connectivity index is 0.000000815. The molecule has 4 rings (SSSR count). The molecule has 1 fully saturated rings. The molecule has 7 heteroatoms. The van der Waals surface area contributed by atoms with E-state index in [9.17, 15) is 14.9 Å². The molecule has 0 atom stereocenters. The van der Waals surface area contributed by atoms with Gasteiger partial charge < -0.3 is 9.72 Å². The minimum absolute atomic E-state index is 0.00256. The van der Waals surface area contributed by atoms with E-state index >= 15 is 0 Å². The van der Waals surface area contributed by atoms with Gasteiger partial charge in [-0.2, -0.15) is 4.98 Å². The summed E-state index contributed by atoms with van der Waals surface area (Å²) in [6.45, 7) is 4.00. The van der Waals surface area contributed by atoms with Crippen LogP contribution in [0.25, 0.3) is 11.4 Å². The molecule has 2 aliphatic rings. The lowest BCUT2D eigenvalue weighted by molar-refractivity contribution is -0.384. The van der Waals surface area contributed by atoms with Crippen molar-refractivity contribution >= 4 is 5.69 Å². The second-order valence-corrected chi connectivity index (χ2v) is 5.79. The van der Waals surface area contributed by atoms with Crippen molar-refractivity contribution in [2.24, 2.45) is 0 Å². The Morgan fingerprint density at radius 1 is 1.21 bits per heavy atom. The average molecular weight is 329 g/mol. The number of rotatable bonds is 2. The van der Waals surface area contributed by atoms with Gasteiger partial charge in [0, 0.05) is 17.7 Å². The first kappa shape index (κ1) is 16.2. The van der Waals surface area contributed by atoms with Crippen LogP contribution in [-0.2, 0) is 6.42 Å². The summed E-state index contributed by atoms with van der Waals surface area (Å²) in [5.41, 5.74) is 0.888. The van der Waals surface area contributed by atoms with E-state index in [1.54, 1.807) is 12.1 Å². The summed E-state index contributed by atoms with van der Waals surface area (Å²) in [5, 5.41) is 10.7. The molecule has 0 amide bonds. The van der Waals surface area contributed by atoms with Crippen molar-refractivity contribution in [2.75, 3.05) is 0 Å². The predicted molar refractivity (Wildman–Crippen MR) is 89.2 cm³/mol. The molecule has 126 valence electrons. The lowest BCUT2D eigenvalue weighted by atomic mass is 10.0. The van der Waals surface area contributed by atoms with Crippen LogP contribution in [0.3, 0.4) is 0 Å². The lowest BCUT2D eigenvalue weighted by Crippen LogP contribution is -2.30. The number of aromatic nitrogens is 2. The highest BCUT2D eigenvalue weighted by atomic mass is 16.6. The largest absolute Gasteiger partial charge is 0.471 e. The third-order valence-corrected chi connectivity index (χ3v) is 4.28. The van der Waals surface area contributed by atoms with Crippen molar-refractivity contribution in [1.29, 1.82) is 0 Å². The second kappa shape index (κ2) is 6.07. The van der Waals surface area contributed by atoms with Crippen molar-refractivity contribution in [3.05, 3.63) is 50.3 Å². The zero-order valence-corrected chi connectivity index (χ0v) is 13.7. The van der Waals surface area contributed by atoms with Crippen LogP contribution >= 0.6 is 0 Å². The standard InChI is InChI=1S/C15H13N3O4.C2H6/c19-13-11-5-6-15(7-8-15)22-14(11)17-12(16-13)9-1-3-10(4-2-9)18(20)21;1-2/h1-4H,5-8H2,(H,16,17,19);1-2H3. The van der Waals surface area contributed by atoms with Crippen LogP contribution in [-0.4, -0.2) is 20.5 Å². The summed E-state index contributed by atoms with van der Waals surface area (Å²) < 4.78 is 5.90. The Morgan fingerprint density at radius 2 is 1.88 bits per heavy atom. The van der Waals surface area contributed by atoms with E-state index in [2.05, 4.69) is 9.97 Å². The summed E-state index contributed by atoms with van der Waals surface area (Å²) >= 11 is 0. The number of nitro benzene ring substituents is 1. The van der Waals surface area contributed by atoms with Crippen LogP contribution in [0.15, 0.2) is 29.1 Å². The number of H-pyrrole nitrogens is 1. The quantitative estimate of drug-likeness (QED) is 0.673. The van der Waals surface area contributed by atoms with E-state index in [-0.39, 0.29) is 16.8 Å². The van der Waals surface area contributed by atoms with Crippen LogP contribution in [0.5, 0.6) is 5.88 Å². The van der Waals surface area contributed by atoms with Crippen molar-refractivity contribution in [3.63, 3.8) is 0 Å². The third kappa shape index (κ3) is 2.89. The molecule has 0 unspecified atom stereocenters. The summed E-state index contributed by atoms with van der Waals surface area (Å²) in [7, 11) is 0. The van der Waals surface area contributed by atoms with E-state index < -0.39 is 4.92 Å². The number of non-ortho nitro benzene ring substituents is 1. The first-order valence-corrected chi connectivity index (χ1v) is 8.13. The third-order valence-electron chi connectivity index (χ3n) is 4.28. The normalized spacial score (nSPS) is 16.4. The number of nitrogens with zero attached hydrogens (tertiary/aromatic N) is 2. The highest BCUT2D eigenvalue weighted by molar-refractivity contribution is 5.58. The van der Waals surface area contributed by atoms with E-state index in [0.29, 0.717) is 29.3 Å². The maximum absolute atomic E-state index is 12.2. The molecule has 1 N–H and O–H groups in total.